The molecule has 120 valence electrons. The van der Waals surface area contributed by atoms with Crippen LogP contribution in [0.15, 0.2) is 28.9 Å². The van der Waals surface area contributed by atoms with E-state index in [9.17, 15) is 26.3 Å². The number of nitrogens with zero attached hydrogens (tertiary/aromatic N) is 2. The van der Waals surface area contributed by atoms with Gasteiger partial charge in [-0.3, -0.25) is 4.99 Å². The summed E-state index contributed by atoms with van der Waals surface area (Å²) in [6.45, 7) is 0. The molecule has 0 saturated heterocycles. The first-order valence-corrected chi connectivity index (χ1v) is 6.48. The van der Waals surface area contributed by atoms with Crippen LogP contribution in [0.1, 0.15) is 23.6 Å². The van der Waals surface area contributed by atoms with Gasteiger partial charge in [0.05, 0.1) is 11.1 Å². The van der Waals surface area contributed by atoms with Gasteiger partial charge in [-0.2, -0.15) is 26.3 Å². The molecule has 0 aromatic carbocycles. The highest BCUT2D eigenvalue weighted by Crippen LogP contribution is 2.45. The van der Waals surface area contributed by atoms with Crippen LogP contribution in [-0.2, 0) is 6.18 Å². The number of hydrogen-bond donors (Lipinski definition) is 0. The van der Waals surface area contributed by atoms with Crippen molar-refractivity contribution in [1.29, 1.82) is 0 Å². The second kappa shape index (κ2) is 5.73. The average Bonchev–Trinajstić information content (AvgIpc) is 2.35. The van der Waals surface area contributed by atoms with Gasteiger partial charge in [-0.05, 0) is 11.6 Å². The molecule has 0 aliphatic carbocycles. The van der Waals surface area contributed by atoms with Gasteiger partial charge < -0.3 is 0 Å². The van der Waals surface area contributed by atoms with Crippen molar-refractivity contribution in [2.24, 2.45) is 4.99 Å². The summed E-state index contributed by atoms with van der Waals surface area (Å²) in [6, 6.07) is -1.22. The summed E-state index contributed by atoms with van der Waals surface area (Å²) in [5.41, 5.74) is -3.30. The molecule has 0 amide bonds. The number of hydrogen-bond acceptors (Lipinski definition) is 2. The van der Waals surface area contributed by atoms with Crippen molar-refractivity contribution in [3.63, 3.8) is 0 Å². The minimum absolute atomic E-state index is 0.223. The molecule has 1 aromatic rings. The lowest BCUT2D eigenvalue weighted by Crippen LogP contribution is -2.23. The first kappa shape index (κ1) is 17.1. The van der Waals surface area contributed by atoms with E-state index in [0.29, 0.717) is 18.3 Å². The Bertz CT molecular complexity index is 648. The molecule has 10 heteroatoms. The largest absolute Gasteiger partial charge is 0.418 e. The minimum Gasteiger partial charge on any atom is -0.264 e. The smallest absolute Gasteiger partial charge is 0.264 e. The zero-order valence-corrected chi connectivity index (χ0v) is 11.9. The van der Waals surface area contributed by atoms with Crippen molar-refractivity contribution in [3.05, 3.63) is 40.2 Å². The van der Waals surface area contributed by atoms with Gasteiger partial charge >= 0.3 is 12.4 Å². The Hall–Kier alpha value is -1.28. The Morgan fingerprint density at radius 2 is 1.68 bits per heavy atom. The summed E-state index contributed by atoms with van der Waals surface area (Å²) < 4.78 is 78.0. The Balaban J connectivity index is 2.64. The monoisotopic (exact) mass is 362 g/mol. The van der Waals surface area contributed by atoms with E-state index in [1.165, 1.54) is 0 Å². The standard InChI is InChI=1S/C12H6Cl2F6N2/c13-8-2-1-6(11(15,16)17)10(22-8)5-3-9(14)21-4-7(5)12(18,19)20/h1,3-4,10H,2H2. The minimum atomic E-state index is -4.90. The van der Waals surface area contributed by atoms with Crippen LogP contribution in [0.3, 0.4) is 0 Å². The van der Waals surface area contributed by atoms with Gasteiger partial charge in [0.15, 0.2) is 0 Å². The predicted molar refractivity (Wildman–Crippen MR) is 69.0 cm³/mol. The first-order chi connectivity index (χ1) is 10.00. The van der Waals surface area contributed by atoms with Crippen molar-refractivity contribution in [2.45, 2.75) is 24.8 Å². The van der Waals surface area contributed by atoms with Gasteiger partial charge in [0.25, 0.3) is 0 Å². The maximum absolute atomic E-state index is 13.0. The zero-order valence-electron chi connectivity index (χ0n) is 10.4. The molecule has 2 rings (SSSR count). The molecule has 0 bridgehead atoms. The molecule has 0 saturated carbocycles. The van der Waals surface area contributed by atoms with E-state index in [1.54, 1.807) is 0 Å². The predicted octanol–water partition coefficient (Wildman–Crippen LogP) is 5.32. The van der Waals surface area contributed by atoms with E-state index in [2.05, 4.69) is 9.98 Å². The topological polar surface area (TPSA) is 25.2 Å². The van der Waals surface area contributed by atoms with Gasteiger partial charge in [0.2, 0.25) is 0 Å². The molecule has 0 radical (unpaired) electrons. The van der Waals surface area contributed by atoms with Crippen molar-refractivity contribution in [2.75, 3.05) is 0 Å². The third-order valence-corrected chi connectivity index (χ3v) is 3.34. The molecule has 0 fully saturated rings. The quantitative estimate of drug-likeness (QED) is 0.376. The van der Waals surface area contributed by atoms with Crippen LogP contribution in [0.5, 0.6) is 0 Å². The molecule has 0 N–H and O–H groups in total. The number of pyridine rings is 1. The SMILES string of the molecule is FC(F)(F)C1=CCC(Cl)=NC1c1cc(Cl)ncc1C(F)(F)F. The van der Waals surface area contributed by atoms with Gasteiger partial charge in [0, 0.05) is 12.6 Å². The third kappa shape index (κ3) is 3.55. The molecule has 1 aromatic heterocycles. The van der Waals surface area contributed by atoms with Crippen LogP contribution in [0.25, 0.3) is 0 Å². The highest BCUT2D eigenvalue weighted by Gasteiger charge is 2.44. The fourth-order valence-corrected chi connectivity index (χ4v) is 2.32. The van der Waals surface area contributed by atoms with Crippen molar-refractivity contribution in [1.82, 2.24) is 4.98 Å². The summed E-state index contributed by atoms with van der Waals surface area (Å²) in [7, 11) is 0. The molecule has 1 atom stereocenters. The lowest BCUT2D eigenvalue weighted by atomic mass is 9.93. The van der Waals surface area contributed by atoms with Gasteiger partial charge in [-0.15, -0.1) is 0 Å². The number of dihydropyridines is 1. The molecule has 1 unspecified atom stereocenters. The number of rotatable bonds is 1. The number of halogens is 8. The number of aliphatic imine (C=N–C) groups is 1. The molecule has 1 aliphatic heterocycles. The van der Waals surface area contributed by atoms with Gasteiger partial charge in [-0.1, -0.05) is 29.3 Å². The summed E-state index contributed by atoms with van der Waals surface area (Å²) >= 11 is 11.1. The van der Waals surface area contributed by atoms with E-state index in [-0.39, 0.29) is 16.7 Å². The Kier molecular flexibility index (Phi) is 4.45. The normalized spacial score (nSPS) is 19.7. The van der Waals surface area contributed by atoms with Gasteiger partial charge in [-0.25, -0.2) is 4.98 Å². The maximum atomic E-state index is 13.0. The lowest BCUT2D eigenvalue weighted by Gasteiger charge is -2.25. The highest BCUT2D eigenvalue weighted by molar-refractivity contribution is 6.65. The third-order valence-electron chi connectivity index (χ3n) is 2.88. The zero-order chi connectivity index (χ0) is 16.7. The van der Waals surface area contributed by atoms with Crippen molar-refractivity contribution < 1.29 is 26.3 Å². The Morgan fingerprint density at radius 1 is 1.05 bits per heavy atom. The lowest BCUT2D eigenvalue weighted by molar-refractivity contribution is -0.139. The molecular weight excluding hydrogens is 357 g/mol. The van der Waals surface area contributed by atoms with Gasteiger partial charge in [0.1, 0.15) is 16.4 Å². The van der Waals surface area contributed by atoms with Crippen molar-refractivity contribution >= 4 is 28.4 Å². The second-order valence-electron chi connectivity index (χ2n) is 4.36. The van der Waals surface area contributed by atoms with Crippen LogP contribution >= 0.6 is 23.2 Å². The molecule has 1 aliphatic rings. The van der Waals surface area contributed by atoms with Crippen molar-refractivity contribution in [3.8, 4) is 0 Å². The number of alkyl halides is 6. The summed E-state index contributed by atoms with van der Waals surface area (Å²) in [5.74, 6) is 0. The summed E-state index contributed by atoms with van der Waals surface area (Å²) in [4.78, 5) is 6.79. The molecule has 22 heavy (non-hydrogen) atoms. The Labute approximate surface area is 130 Å². The summed E-state index contributed by atoms with van der Waals surface area (Å²) in [5, 5.41) is -0.597. The first-order valence-electron chi connectivity index (χ1n) is 5.72. The molecular formula is C12H6Cl2F6N2. The summed E-state index contributed by atoms with van der Waals surface area (Å²) in [6.07, 6.45) is -8.95. The maximum Gasteiger partial charge on any atom is 0.418 e. The second-order valence-corrected chi connectivity index (χ2v) is 5.18. The number of allylic oxidation sites excluding steroid dienone is 1. The number of aromatic nitrogens is 1. The Morgan fingerprint density at radius 3 is 2.23 bits per heavy atom. The average molecular weight is 363 g/mol. The van der Waals surface area contributed by atoms with E-state index in [1.807, 2.05) is 0 Å². The van der Waals surface area contributed by atoms with E-state index >= 15 is 0 Å². The van der Waals surface area contributed by atoms with Crippen LogP contribution in [0.2, 0.25) is 5.15 Å². The van der Waals surface area contributed by atoms with Crippen LogP contribution < -0.4 is 0 Å². The fraction of sp³-hybridized carbons (Fsp3) is 0.333. The van der Waals surface area contributed by atoms with E-state index in [0.717, 1.165) is 0 Å². The fourth-order valence-electron chi connectivity index (χ4n) is 1.98. The molecule has 0 spiro atoms. The molecule has 2 heterocycles. The van der Waals surface area contributed by atoms with E-state index < -0.39 is 35.1 Å². The van der Waals surface area contributed by atoms with Crippen LogP contribution in [0.4, 0.5) is 26.3 Å². The van der Waals surface area contributed by atoms with Crippen LogP contribution in [0, 0.1) is 0 Å². The molecule has 2 nitrogen and oxygen atoms in total. The highest BCUT2D eigenvalue weighted by atomic mass is 35.5. The van der Waals surface area contributed by atoms with Crippen LogP contribution in [-0.4, -0.2) is 16.3 Å². The van der Waals surface area contributed by atoms with E-state index in [4.69, 9.17) is 23.2 Å².